The van der Waals surface area contributed by atoms with E-state index < -0.39 is 0 Å². The summed E-state index contributed by atoms with van der Waals surface area (Å²) in [6.07, 6.45) is 1.15. The molecule has 0 N–H and O–H groups in total. The van der Waals surface area contributed by atoms with Crippen molar-refractivity contribution in [2.45, 2.75) is 26.7 Å². The van der Waals surface area contributed by atoms with Crippen LogP contribution in [0.5, 0.6) is 0 Å². The van der Waals surface area contributed by atoms with Gasteiger partial charge >= 0.3 is 5.97 Å². The molecule has 1 aliphatic rings. The van der Waals surface area contributed by atoms with Crippen molar-refractivity contribution in [2.75, 3.05) is 33.3 Å². The highest BCUT2D eigenvalue weighted by atomic mass is 35.5. The van der Waals surface area contributed by atoms with Crippen LogP contribution in [0.15, 0.2) is 22.6 Å². The first kappa shape index (κ1) is 21.2. The molecule has 0 saturated carbocycles. The van der Waals surface area contributed by atoms with Crippen LogP contribution in [0.3, 0.4) is 0 Å². The third-order valence-electron chi connectivity index (χ3n) is 5.30. The van der Waals surface area contributed by atoms with E-state index in [0.29, 0.717) is 48.7 Å². The summed E-state index contributed by atoms with van der Waals surface area (Å²) in [4.78, 5) is 40.3. The monoisotopic (exact) mass is 420 g/mol. The lowest BCUT2D eigenvalue weighted by atomic mass is 9.97. The zero-order valence-electron chi connectivity index (χ0n) is 16.9. The zero-order chi connectivity index (χ0) is 21.1. The molecule has 0 spiro atoms. The summed E-state index contributed by atoms with van der Waals surface area (Å²) in [5.74, 6) is -0.712. The maximum Gasteiger partial charge on any atom is 0.309 e. The molecule has 0 atom stereocenters. The van der Waals surface area contributed by atoms with Gasteiger partial charge < -0.3 is 19.0 Å². The van der Waals surface area contributed by atoms with Gasteiger partial charge in [0.1, 0.15) is 0 Å². The lowest BCUT2D eigenvalue weighted by Crippen LogP contribution is -2.45. The van der Waals surface area contributed by atoms with E-state index in [9.17, 15) is 14.4 Å². The Balaban J connectivity index is 1.62. The minimum absolute atomic E-state index is 0.0624. The fourth-order valence-corrected chi connectivity index (χ4v) is 3.80. The summed E-state index contributed by atoms with van der Waals surface area (Å²) in [6.45, 7) is 4.82. The Morgan fingerprint density at radius 3 is 2.59 bits per heavy atom. The van der Waals surface area contributed by atoms with E-state index in [0.717, 1.165) is 5.39 Å². The third-order valence-corrected chi connectivity index (χ3v) is 5.59. The first-order valence-corrected chi connectivity index (χ1v) is 10.1. The number of piperidine rings is 1. The van der Waals surface area contributed by atoms with Crippen molar-refractivity contribution >= 4 is 40.4 Å². The molecule has 1 aromatic carbocycles. The number of fused-ring (bicyclic) bond motifs is 1. The van der Waals surface area contributed by atoms with E-state index in [1.165, 1.54) is 4.90 Å². The van der Waals surface area contributed by atoms with Crippen LogP contribution in [0.25, 0.3) is 11.0 Å². The Kier molecular flexibility index (Phi) is 6.47. The summed E-state index contributed by atoms with van der Waals surface area (Å²) < 4.78 is 10.8. The molecule has 0 radical (unpaired) electrons. The molecule has 156 valence electrons. The Bertz CT molecular complexity index is 931. The second kappa shape index (κ2) is 8.86. The Morgan fingerprint density at radius 1 is 1.28 bits per heavy atom. The van der Waals surface area contributed by atoms with Crippen molar-refractivity contribution in [1.29, 1.82) is 0 Å². The third kappa shape index (κ3) is 4.40. The van der Waals surface area contributed by atoms with Gasteiger partial charge in [0, 0.05) is 31.1 Å². The molecule has 2 amide bonds. The van der Waals surface area contributed by atoms with Crippen LogP contribution in [0.1, 0.15) is 35.9 Å². The number of furan rings is 1. The molecule has 1 saturated heterocycles. The van der Waals surface area contributed by atoms with Crippen molar-refractivity contribution in [2.24, 2.45) is 5.92 Å². The molecule has 0 bridgehead atoms. The van der Waals surface area contributed by atoms with Crippen LogP contribution in [0.2, 0.25) is 5.02 Å². The van der Waals surface area contributed by atoms with Gasteiger partial charge in [-0.05, 0) is 32.8 Å². The molecular formula is C21H25ClN2O5. The van der Waals surface area contributed by atoms with Crippen molar-refractivity contribution in [3.05, 3.63) is 34.5 Å². The van der Waals surface area contributed by atoms with Crippen LogP contribution >= 0.6 is 11.6 Å². The van der Waals surface area contributed by atoms with Gasteiger partial charge in [-0.1, -0.05) is 23.7 Å². The molecule has 1 aliphatic heterocycles. The standard InChI is InChI=1S/C21H25ClN2O5/c1-4-28-21(27)14-8-10-24(11-9-14)17(25)12-23(3)20(26)18-13(2)15-6-5-7-16(22)19(15)29-18/h5-7,14H,4,8-12H2,1-3H3. The molecule has 0 aliphatic carbocycles. The van der Waals surface area contributed by atoms with Gasteiger partial charge in [-0.15, -0.1) is 0 Å². The number of esters is 1. The highest BCUT2D eigenvalue weighted by Crippen LogP contribution is 2.31. The maximum atomic E-state index is 12.8. The topological polar surface area (TPSA) is 80.1 Å². The quantitative estimate of drug-likeness (QED) is 0.693. The number of nitrogens with zero attached hydrogens (tertiary/aromatic N) is 2. The van der Waals surface area contributed by atoms with E-state index in [1.807, 2.05) is 6.07 Å². The van der Waals surface area contributed by atoms with Crippen molar-refractivity contribution in [3.63, 3.8) is 0 Å². The summed E-state index contributed by atoms with van der Waals surface area (Å²) in [6, 6.07) is 5.35. The second-order valence-corrected chi connectivity index (χ2v) is 7.65. The zero-order valence-corrected chi connectivity index (χ0v) is 17.6. The Labute approximate surface area is 174 Å². The SMILES string of the molecule is CCOC(=O)C1CCN(C(=O)CN(C)C(=O)c2oc3c(Cl)cccc3c2C)CC1. The summed E-state index contributed by atoms with van der Waals surface area (Å²) in [7, 11) is 1.57. The smallest absolute Gasteiger partial charge is 0.309 e. The molecule has 1 fully saturated rings. The van der Waals surface area contributed by atoms with Crippen LogP contribution in [-0.2, 0) is 14.3 Å². The fourth-order valence-electron chi connectivity index (χ4n) is 3.59. The van der Waals surface area contributed by atoms with E-state index in [-0.39, 0.29) is 36.0 Å². The van der Waals surface area contributed by atoms with Crippen molar-refractivity contribution < 1.29 is 23.5 Å². The largest absolute Gasteiger partial charge is 0.466 e. The number of rotatable bonds is 5. The molecule has 2 aromatic rings. The molecule has 3 rings (SSSR count). The van der Waals surface area contributed by atoms with Gasteiger partial charge in [0.2, 0.25) is 5.91 Å². The van der Waals surface area contributed by atoms with Crippen LogP contribution in [-0.4, -0.2) is 60.9 Å². The Morgan fingerprint density at radius 2 is 1.97 bits per heavy atom. The number of carbonyl (C=O) groups excluding carboxylic acids is 3. The number of hydrogen-bond acceptors (Lipinski definition) is 5. The number of carbonyl (C=O) groups is 3. The predicted molar refractivity (Wildman–Crippen MR) is 109 cm³/mol. The molecule has 2 heterocycles. The predicted octanol–water partition coefficient (Wildman–Crippen LogP) is 3.27. The number of ether oxygens (including phenoxy) is 1. The summed E-state index contributed by atoms with van der Waals surface area (Å²) in [5.41, 5.74) is 1.16. The average molecular weight is 421 g/mol. The highest BCUT2D eigenvalue weighted by molar-refractivity contribution is 6.35. The lowest BCUT2D eigenvalue weighted by Gasteiger charge is -2.32. The number of aryl methyl sites for hydroxylation is 1. The lowest BCUT2D eigenvalue weighted by molar-refractivity contribution is -0.151. The fraction of sp³-hybridized carbons (Fsp3) is 0.476. The molecular weight excluding hydrogens is 396 g/mol. The number of likely N-dealkylation sites (N-methyl/N-ethyl adjacent to an activating group) is 1. The number of amides is 2. The number of benzene rings is 1. The molecule has 1 aromatic heterocycles. The number of hydrogen-bond donors (Lipinski definition) is 0. The second-order valence-electron chi connectivity index (χ2n) is 7.24. The van der Waals surface area contributed by atoms with Gasteiger partial charge in [0.05, 0.1) is 24.1 Å². The normalized spacial score (nSPS) is 14.8. The van der Waals surface area contributed by atoms with Crippen molar-refractivity contribution in [1.82, 2.24) is 9.80 Å². The first-order chi connectivity index (χ1) is 13.8. The molecule has 0 unspecified atom stereocenters. The van der Waals surface area contributed by atoms with Crippen LogP contribution < -0.4 is 0 Å². The van der Waals surface area contributed by atoms with Gasteiger partial charge in [-0.3, -0.25) is 14.4 Å². The van der Waals surface area contributed by atoms with Crippen molar-refractivity contribution in [3.8, 4) is 0 Å². The van der Waals surface area contributed by atoms with E-state index in [2.05, 4.69) is 0 Å². The van der Waals surface area contributed by atoms with E-state index >= 15 is 0 Å². The van der Waals surface area contributed by atoms with Gasteiger partial charge in [0.15, 0.2) is 11.3 Å². The summed E-state index contributed by atoms with van der Waals surface area (Å²) in [5, 5.41) is 1.22. The van der Waals surface area contributed by atoms with Crippen LogP contribution in [0, 0.1) is 12.8 Å². The Hall–Kier alpha value is -2.54. The average Bonchev–Trinajstić information content (AvgIpc) is 3.05. The molecule has 29 heavy (non-hydrogen) atoms. The highest BCUT2D eigenvalue weighted by Gasteiger charge is 2.30. The summed E-state index contributed by atoms with van der Waals surface area (Å²) >= 11 is 6.15. The first-order valence-electron chi connectivity index (χ1n) is 9.71. The minimum Gasteiger partial charge on any atom is -0.466 e. The number of halogens is 1. The van der Waals surface area contributed by atoms with E-state index in [1.54, 1.807) is 37.9 Å². The van der Waals surface area contributed by atoms with Crippen LogP contribution in [0.4, 0.5) is 0 Å². The number of likely N-dealkylation sites (tertiary alicyclic amines) is 1. The van der Waals surface area contributed by atoms with Gasteiger partial charge in [-0.2, -0.15) is 0 Å². The number of para-hydroxylation sites is 1. The molecule has 7 nitrogen and oxygen atoms in total. The van der Waals surface area contributed by atoms with Gasteiger partial charge in [-0.25, -0.2) is 0 Å². The van der Waals surface area contributed by atoms with Gasteiger partial charge in [0.25, 0.3) is 5.91 Å². The van der Waals surface area contributed by atoms with E-state index in [4.69, 9.17) is 20.8 Å². The molecule has 8 heteroatoms. The maximum absolute atomic E-state index is 12.8. The minimum atomic E-state index is -0.371.